The van der Waals surface area contributed by atoms with Crippen LogP contribution in [0, 0.1) is 0 Å². The molecule has 6 rings (SSSR count). The van der Waals surface area contributed by atoms with Crippen LogP contribution >= 0.6 is 0 Å². The minimum absolute atomic E-state index is 0.239. The van der Waals surface area contributed by atoms with Gasteiger partial charge in [-0.05, 0) is 10.8 Å². The molecule has 6 aromatic rings. The second kappa shape index (κ2) is 8.50. The van der Waals surface area contributed by atoms with Crippen molar-refractivity contribution >= 4 is 49.8 Å². The molecule has 1 heterocycles. The quantitative estimate of drug-likeness (QED) is 0.162. The number of fused-ring (bicyclic) bond motifs is 6. The first kappa shape index (κ1) is 20.8. The molecular weight excluding hydrogens is 432 g/mol. The van der Waals surface area contributed by atoms with Crippen LogP contribution in [-0.2, 0) is 0 Å². The Hall–Kier alpha value is -4.83. The normalized spacial score (nSPS) is 11.8. The summed E-state index contributed by atoms with van der Waals surface area (Å²) < 4.78 is 1.76. The molecule has 5 aromatic carbocycles. The summed E-state index contributed by atoms with van der Waals surface area (Å²) in [6, 6.07) is 34.2. The summed E-state index contributed by atoms with van der Waals surface area (Å²) in [6.45, 7) is 0. The molecule has 0 spiro atoms. The van der Waals surface area contributed by atoms with E-state index in [0.29, 0.717) is 11.1 Å². The largest absolute Gasteiger partial charge is 0.294 e. The van der Waals surface area contributed by atoms with Crippen LogP contribution in [0.3, 0.4) is 0 Å². The van der Waals surface area contributed by atoms with E-state index in [2.05, 4.69) is 12.1 Å². The predicted octanol–water partition coefficient (Wildman–Crippen LogP) is 6.95. The molecule has 0 amide bonds. The van der Waals surface area contributed by atoms with Crippen molar-refractivity contribution in [1.29, 1.82) is 0 Å². The van der Waals surface area contributed by atoms with Gasteiger partial charge in [0.15, 0.2) is 5.78 Å². The molecule has 0 aliphatic carbocycles. The van der Waals surface area contributed by atoms with E-state index in [1.807, 2.05) is 72.8 Å². The van der Waals surface area contributed by atoms with Crippen molar-refractivity contribution in [2.45, 2.75) is 0 Å². The Bertz CT molecular complexity index is 1760. The lowest BCUT2D eigenvalue weighted by Crippen LogP contribution is -2.11. The maximum atomic E-state index is 13.8. The van der Waals surface area contributed by atoms with Crippen molar-refractivity contribution in [3.63, 3.8) is 0 Å². The summed E-state index contributed by atoms with van der Waals surface area (Å²) in [7, 11) is 0. The van der Waals surface area contributed by atoms with Crippen molar-refractivity contribution in [1.82, 2.24) is 9.55 Å². The van der Waals surface area contributed by atoms with Gasteiger partial charge in [-0.2, -0.15) is 0 Å². The van der Waals surface area contributed by atoms with Crippen LogP contribution in [0.2, 0.25) is 0 Å². The van der Waals surface area contributed by atoms with Gasteiger partial charge in [-0.25, -0.2) is 4.98 Å². The minimum atomic E-state index is -0.244. The van der Waals surface area contributed by atoms with Crippen LogP contribution in [0.1, 0.15) is 20.7 Å². The Morgan fingerprint density at radius 2 is 1.11 bits per heavy atom. The first-order valence-electron chi connectivity index (χ1n) is 11.4. The number of imidazole rings is 1. The highest BCUT2D eigenvalue weighted by Gasteiger charge is 2.21. The highest BCUT2D eigenvalue weighted by atomic mass is 16.1. The number of rotatable bonds is 5. The van der Waals surface area contributed by atoms with Crippen molar-refractivity contribution in [2.75, 3.05) is 0 Å². The van der Waals surface area contributed by atoms with E-state index >= 15 is 0 Å². The molecule has 0 atom stereocenters. The number of Topliss-reactive ketones (excluding diaryl/α,β-unsaturated/α-hetero) is 1. The average Bonchev–Trinajstić information content (AvgIpc) is 3.38. The monoisotopic (exact) mass is 452 g/mol. The summed E-state index contributed by atoms with van der Waals surface area (Å²) in [5, 5.41) is 4.14. The lowest BCUT2D eigenvalue weighted by atomic mass is 9.99. The molecule has 166 valence electrons. The van der Waals surface area contributed by atoms with Crippen molar-refractivity contribution < 1.29 is 9.59 Å². The highest BCUT2D eigenvalue weighted by Crippen LogP contribution is 2.35. The molecule has 0 bridgehead atoms. The van der Waals surface area contributed by atoms with E-state index in [1.54, 1.807) is 35.2 Å². The Kier molecular flexibility index (Phi) is 5.04. The van der Waals surface area contributed by atoms with Gasteiger partial charge in [-0.3, -0.25) is 14.2 Å². The number of carbonyl (C=O) groups is 2. The van der Waals surface area contributed by atoms with Crippen molar-refractivity contribution in [3.05, 3.63) is 133 Å². The van der Waals surface area contributed by atoms with E-state index in [-0.39, 0.29) is 17.3 Å². The zero-order valence-electron chi connectivity index (χ0n) is 18.8. The standard InChI is InChI=1S/C31H20N2O2/c34-28(21-11-3-1-4-12-21)19-27(31(35)22-13-5-2-6-14-22)33-20-32-29-25-17-9-7-15-23(25)24-16-8-10-18-26(24)30(29)33/h1-20H/b27-19+. The van der Waals surface area contributed by atoms with Gasteiger partial charge in [0.05, 0.1) is 16.7 Å². The van der Waals surface area contributed by atoms with Crippen LogP contribution in [-0.4, -0.2) is 21.1 Å². The van der Waals surface area contributed by atoms with Crippen molar-refractivity contribution in [2.24, 2.45) is 0 Å². The Morgan fingerprint density at radius 3 is 1.77 bits per heavy atom. The minimum Gasteiger partial charge on any atom is -0.294 e. The van der Waals surface area contributed by atoms with Gasteiger partial charge in [0.25, 0.3) is 0 Å². The molecule has 35 heavy (non-hydrogen) atoms. The van der Waals surface area contributed by atoms with E-state index in [4.69, 9.17) is 4.98 Å². The number of hydrogen-bond acceptors (Lipinski definition) is 3. The fourth-order valence-corrected chi connectivity index (χ4v) is 4.63. The van der Waals surface area contributed by atoms with Crippen LogP contribution in [0.4, 0.5) is 0 Å². The van der Waals surface area contributed by atoms with Crippen LogP contribution in [0.25, 0.3) is 38.3 Å². The summed E-state index contributed by atoms with van der Waals surface area (Å²) in [4.78, 5) is 31.8. The third-order valence-corrected chi connectivity index (χ3v) is 6.28. The van der Waals surface area contributed by atoms with Gasteiger partial charge in [0.1, 0.15) is 6.33 Å². The van der Waals surface area contributed by atoms with Gasteiger partial charge in [-0.15, -0.1) is 0 Å². The summed E-state index contributed by atoms with van der Waals surface area (Å²) in [6.07, 6.45) is 3.07. The van der Waals surface area contributed by atoms with Crippen LogP contribution in [0.15, 0.2) is 122 Å². The van der Waals surface area contributed by atoms with Gasteiger partial charge in [-0.1, -0.05) is 109 Å². The van der Waals surface area contributed by atoms with E-state index in [0.717, 1.165) is 32.6 Å². The fourth-order valence-electron chi connectivity index (χ4n) is 4.63. The molecule has 0 fully saturated rings. The lowest BCUT2D eigenvalue weighted by Gasteiger charge is -2.13. The van der Waals surface area contributed by atoms with E-state index in [9.17, 15) is 9.59 Å². The van der Waals surface area contributed by atoms with Gasteiger partial charge in [0, 0.05) is 28.0 Å². The van der Waals surface area contributed by atoms with Gasteiger partial charge in [0.2, 0.25) is 5.78 Å². The molecule has 0 aliphatic heterocycles. The van der Waals surface area contributed by atoms with Crippen LogP contribution < -0.4 is 0 Å². The third-order valence-electron chi connectivity index (χ3n) is 6.28. The molecule has 0 radical (unpaired) electrons. The number of carbonyl (C=O) groups excluding carboxylic acids is 2. The molecule has 1 aromatic heterocycles. The summed E-state index contributed by atoms with van der Waals surface area (Å²) in [5.41, 5.74) is 2.87. The smallest absolute Gasteiger partial charge is 0.209 e. The molecule has 0 saturated heterocycles. The first-order chi connectivity index (χ1) is 17.2. The number of hydrogen-bond donors (Lipinski definition) is 0. The average molecular weight is 453 g/mol. The Morgan fingerprint density at radius 1 is 0.600 bits per heavy atom. The number of benzene rings is 5. The first-order valence-corrected chi connectivity index (χ1v) is 11.4. The third kappa shape index (κ3) is 3.52. The second-order valence-corrected chi connectivity index (χ2v) is 8.36. The summed E-state index contributed by atoms with van der Waals surface area (Å²) in [5.74, 6) is -0.483. The lowest BCUT2D eigenvalue weighted by molar-refractivity contribution is 0.102. The van der Waals surface area contributed by atoms with Crippen LogP contribution in [0.5, 0.6) is 0 Å². The van der Waals surface area contributed by atoms with Crippen molar-refractivity contribution in [3.8, 4) is 0 Å². The number of ketones is 2. The molecule has 0 N–H and O–H groups in total. The van der Waals surface area contributed by atoms with E-state index in [1.165, 1.54) is 6.08 Å². The summed E-state index contributed by atoms with van der Waals surface area (Å²) >= 11 is 0. The zero-order chi connectivity index (χ0) is 23.8. The van der Waals surface area contributed by atoms with Gasteiger partial charge >= 0.3 is 0 Å². The fraction of sp³-hybridized carbons (Fsp3) is 0. The maximum Gasteiger partial charge on any atom is 0.209 e. The molecule has 0 aliphatic rings. The second-order valence-electron chi connectivity index (χ2n) is 8.36. The Balaban J connectivity index is 1.67. The molecule has 0 unspecified atom stereocenters. The number of aromatic nitrogens is 2. The predicted molar refractivity (Wildman–Crippen MR) is 141 cm³/mol. The molecular formula is C31H20N2O2. The SMILES string of the molecule is O=C(/C=C(\C(=O)c1ccccc1)n1cnc2c3ccccc3c3ccccc3c21)c1ccccc1. The number of nitrogens with zero attached hydrogens (tertiary/aromatic N) is 2. The molecule has 4 heteroatoms. The maximum absolute atomic E-state index is 13.8. The van der Waals surface area contributed by atoms with Gasteiger partial charge < -0.3 is 0 Å². The van der Waals surface area contributed by atoms with E-state index < -0.39 is 0 Å². The zero-order valence-corrected chi connectivity index (χ0v) is 18.8. The Labute approximate surface area is 201 Å². The number of allylic oxidation sites excluding steroid dienone is 2. The molecule has 0 saturated carbocycles. The molecule has 4 nitrogen and oxygen atoms in total. The topological polar surface area (TPSA) is 52.0 Å². The highest BCUT2D eigenvalue weighted by molar-refractivity contribution is 6.31.